The van der Waals surface area contributed by atoms with Crippen LogP contribution in [0, 0.1) is 0 Å². The fourth-order valence-electron chi connectivity index (χ4n) is 4.47. The van der Waals surface area contributed by atoms with Gasteiger partial charge in [-0.3, -0.25) is 9.78 Å². The van der Waals surface area contributed by atoms with Gasteiger partial charge in [-0.25, -0.2) is 13.5 Å². The Hall–Kier alpha value is -3.32. The smallest absolute Gasteiger partial charge is 0.366 e. The van der Waals surface area contributed by atoms with E-state index in [-0.39, 0.29) is 12.5 Å². The molecule has 1 aromatic carbocycles. The van der Waals surface area contributed by atoms with Gasteiger partial charge in [0.25, 0.3) is 0 Å². The lowest BCUT2D eigenvalue weighted by atomic mass is 10.1. The molecule has 0 aliphatic carbocycles. The Morgan fingerprint density at radius 1 is 1.10 bits per heavy atom. The van der Waals surface area contributed by atoms with Gasteiger partial charge in [-0.05, 0) is 66.4 Å². The minimum Gasteiger partial charge on any atom is -0.366 e. The molecule has 3 aromatic heterocycles. The molecule has 41 heavy (non-hydrogen) atoms. The average Bonchev–Trinajstić information content (AvgIpc) is 3.64. The number of amides is 1. The van der Waals surface area contributed by atoms with Crippen molar-refractivity contribution in [2.45, 2.75) is 42.4 Å². The molecular formula is C28H25ClF3N5O2S2. The molecule has 1 amide bonds. The van der Waals surface area contributed by atoms with E-state index in [1.54, 1.807) is 41.0 Å². The van der Waals surface area contributed by atoms with Crippen molar-refractivity contribution in [2.24, 2.45) is 0 Å². The zero-order valence-electron chi connectivity index (χ0n) is 21.5. The van der Waals surface area contributed by atoms with Crippen molar-refractivity contribution in [3.63, 3.8) is 0 Å². The lowest BCUT2D eigenvalue weighted by Gasteiger charge is -2.22. The van der Waals surface area contributed by atoms with Crippen LogP contribution in [0.15, 0.2) is 77.3 Å². The monoisotopic (exact) mass is 619 g/mol. The molecule has 2 atom stereocenters. The molecular weight excluding hydrogens is 595 g/mol. The number of benzene rings is 1. The zero-order valence-corrected chi connectivity index (χ0v) is 23.9. The largest absolute Gasteiger partial charge is 0.416 e. The van der Waals surface area contributed by atoms with Crippen molar-refractivity contribution in [1.29, 1.82) is 0 Å². The fraction of sp³-hybridized carbons (Fsp3) is 0.250. The number of pyridine rings is 2. The van der Waals surface area contributed by atoms with Crippen LogP contribution in [0.3, 0.4) is 0 Å². The number of rotatable bonds is 9. The second-order valence-electron chi connectivity index (χ2n) is 9.36. The normalized spacial score (nSPS) is 16.4. The van der Waals surface area contributed by atoms with E-state index in [4.69, 9.17) is 11.6 Å². The molecule has 4 heterocycles. The number of carbonyl (C=O) groups is 1. The number of halogens is 4. The lowest BCUT2D eigenvalue weighted by molar-refractivity contribution is -0.137. The Balaban J connectivity index is 1.34. The van der Waals surface area contributed by atoms with Crippen molar-refractivity contribution in [3.05, 3.63) is 94.1 Å². The third kappa shape index (κ3) is 7.31. The van der Waals surface area contributed by atoms with Crippen LogP contribution in [-0.2, 0) is 35.0 Å². The van der Waals surface area contributed by atoms with Crippen molar-refractivity contribution in [3.8, 4) is 11.3 Å². The standard InChI is InChI=1S/C28H25ClF3N5O2S2/c29-24-9-10-26(40-24)41(39)37-12-2-4-23(37)27(38)35-17-19-13-22(20-5-7-21(8-6-20)28(30,31)32)36-25(14-19)34-16-18-3-1-11-33-15-18/h1,3,5-11,13-15,23H,2,4,12,16-17H2,(H,34,36)(H,35,38)/t23-,41?/m0/s1. The zero-order chi connectivity index (χ0) is 29.0. The average molecular weight is 620 g/mol. The Labute approximate surface area is 246 Å². The number of hydrogen-bond donors (Lipinski definition) is 2. The van der Waals surface area contributed by atoms with Crippen LogP contribution in [-0.4, -0.2) is 37.0 Å². The highest BCUT2D eigenvalue weighted by Gasteiger charge is 2.35. The molecule has 1 unspecified atom stereocenters. The summed E-state index contributed by atoms with van der Waals surface area (Å²) in [5.41, 5.74) is 1.83. The predicted molar refractivity (Wildman–Crippen MR) is 154 cm³/mol. The van der Waals surface area contributed by atoms with Gasteiger partial charge >= 0.3 is 6.18 Å². The number of alkyl halides is 3. The molecule has 13 heteroatoms. The molecule has 0 bridgehead atoms. The summed E-state index contributed by atoms with van der Waals surface area (Å²) in [5, 5.41) is 6.17. The summed E-state index contributed by atoms with van der Waals surface area (Å²) in [6.07, 6.45) is 0.252. The van der Waals surface area contributed by atoms with Crippen molar-refractivity contribution in [2.75, 3.05) is 11.9 Å². The second-order valence-corrected chi connectivity index (χ2v) is 12.7. The summed E-state index contributed by atoms with van der Waals surface area (Å²) >= 11 is 7.23. The maximum Gasteiger partial charge on any atom is 0.416 e. The Kier molecular flexibility index (Phi) is 9.03. The number of nitrogens with zero attached hydrogens (tertiary/aromatic N) is 3. The Morgan fingerprint density at radius 2 is 1.90 bits per heavy atom. The summed E-state index contributed by atoms with van der Waals surface area (Å²) in [7, 11) is -1.50. The molecule has 2 N–H and O–H groups in total. The summed E-state index contributed by atoms with van der Waals surface area (Å²) in [5.74, 6) is 0.241. The summed E-state index contributed by atoms with van der Waals surface area (Å²) in [4.78, 5) is 21.9. The first-order chi connectivity index (χ1) is 19.7. The van der Waals surface area contributed by atoms with E-state index in [9.17, 15) is 22.2 Å². The van der Waals surface area contributed by atoms with Crippen LogP contribution >= 0.6 is 22.9 Å². The van der Waals surface area contributed by atoms with Crippen LogP contribution in [0.5, 0.6) is 0 Å². The van der Waals surface area contributed by atoms with E-state index in [0.29, 0.717) is 50.7 Å². The van der Waals surface area contributed by atoms with Crippen LogP contribution in [0.2, 0.25) is 4.34 Å². The molecule has 0 saturated carbocycles. The van der Waals surface area contributed by atoms with Gasteiger partial charge in [0.15, 0.2) is 0 Å². The number of nitrogens with one attached hydrogen (secondary N) is 2. The highest BCUT2D eigenvalue weighted by Crippen LogP contribution is 2.32. The second kappa shape index (κ2) is 12.7. The van der Waals surface area contributed by atoms with E-state index >= 15 is 0 Å². The third-order valence-electron chi connectivity index (χ3n) is 6.50. The van der Waals surface area contributed by atoms with Crippen LogP contribution in [0.1, 0.15) is 29.5 Å². The molecule has 5 rings (SSSR count). The number of hydrogen-bond acceptors (Lipinski definition) is 6. The van der Waals surface area contributed by atoms with Gasteiger partial charge in [0.05, 0.1) is 15.6 Å². The molecule has 4 aromatic rings. The Morgan fingerprint density at radius 3 is 2.59 bits per heavy atom. The first-order valence-corrected chi connectivity index (χ1v) is 15.0. The number of thiophene rings is 1. The predicted octanol–water partition coefficient (Wildman–Crippen LogP) is 6.29. The summed E-state index contributed by atoms with van der Waals surface area (Å²) < 4.78 is 55.2. The van der Waals surface area contributed by atoms with Gasteiger partial charge in [-0.1, -0.05) is 29.8 Å². The molecule has 1 aliphatic heterocycles. The fourth-order valence-corrected chi connectivity index (χ4v) is 7.37. The molecule has 1 saturated heterocycles. The maximum absolute atomic E-state index is 13.2. The van der Waals surface area contributed by atoms with Gasteiger partial charge in [-0.15, -0.1) is 11.3 Å². The van der Waals surface area contributed by atoms with Crippen LogP contribution < -0.4 is 10.6 Å². The molecule has 1 aliphatic rings. The maximum atomic E-state index is 13.2. The van der Waals surface area contributed by atoms with Crippen molar-refractivity contribution in [1.82, 2.24) is 19.6 Å². The Bertz CT molecular complexity index is 1530. The molecule has 7 nitrogen and oxygen atoms in total. The summed E-state index contributed by atoms with van der Waals surface area (Å²) in [6, 6.07) is 14.8. The van der Waals surface area contributed by atoms with Gasteiger partial charge < -0.3 is 10.6 Å². The van der Waals surface area contributed by atoms with Gasteiger partial charge in [0.1, 0.15) is 27.1 Å². The van der Waals surface area contributed by atoms with E-state index in [0.717, 1.165) is 24.1 Å². The topological polar surface area (TPSA) is 87.2 Å². The minimum atomic E-state index is -4.44. The first-order valence-electron chi connectivity index (χ1n) is 12.7. The van der Waals surface area contributed by atoms with Crippen LogP contribution in [0.4, 0.5) is 19.0 Å². The van der Waals surface area contributed by atoms with Gasteiger partial charge in [0.2, 0.25) is 5.91 Å². The molecule has 1 fully saturated rings. The molecule has 214 valence electrons. The number of aromatic nitrogens is 2. The molecule has 0 radical (unpaired) electrons. The van der Waals surface area contributed by atoms with Crippen molar-refractivity contribution < 1.29 is 22.2 Å². The number of carbonyl (C=O) groups excluding carboxylic acids is 1. The number of anilines is 1. The van der Waals surface area contributed by atoms with Crippen molar-refractivity contribution >= 4 is 45.6 Å². The van der Waals surface area contributed by atoms with E-state index in [1.807, 2.05) is 12.1 Å². The summed E-state index contributed by atoms with van der Waals surface area (Å²) in [6.45, 7) is 1.10. The molecule has 0 spiro atoms. The van der Waals surface area contributed by atoms with E-state index in [1.165, 1.54) is 23.5 Å². The van der Waals surface area contributed by atoms with E-state index in [2.05, 4.69) is 20.6 Å². The lowest BCUT2D eigenvalue weighted by Crippen LogP contribution is -2.43. The minimum absolute atomic E-state index is 0.151. The quantitative estimate of drug-likeness (QED) is 0.230. The van der Waals surface area contributed by atoms with Crippen LogP contribution in [0.25, 0.3) is 11.3 Å². The highest BCUT2D eigenvalue weighted by molar-refractivity contribution is 7.85. The van der Waals surface area contributed by atoms with E-state index < -0.39 is 28.8 Å². The first kappa shape index (κ1) is 29.2. The van der Waals surface area contributed by atoms with Gasteiger partial charge in [0, 0.05) is 37.6 Å². The SMILES string of the molecule is O=C(NCc1cc(NCc2cccnc2)nc(-c2ccc(C(F)(F)F)cc2)c1)[C@@H]1CCCN1S(=O)c1ccc(Cl)s1. The third-order valence-corrected chi connectivity index (χ3v) is 9.54. The highest BCUT2D eigenvalue weighted by atomic mass is 35.5. The van der Waals surface area contributed by atoms with Gasteiger partial charge in [-0.2, -0.15) is 13.2 Å².